The quantitative estimate of drug-likeness (QED) is 0.646. The molecule has 2 saturated carbocycles. The number of aldehydes is 2. The Morgan fingerprint density at radius 3 is 2.80 bits per heavy atom. The van der Waals surface area contributed by atoms with Crippen LogP contribution in [0.3, 0.4) is 0 Å². The van der Waals surface area contributed by atoms with Crippen LogP contribution in [0, 0.1) is 23.2 Å². The molecule has 0 heterocycles. The van der Waals surface area contributed by atoms with Gasteiger partial charge in [-0.15, -0.1) is 0 Å². The lowest BCUT2D eigenvalue weighted by atomic mass is 9.69. The first kappa shape index (κ1) is 9.32. The normalized spacial score (nSPS) is 47.2. The van der Waals surface area contributed by atoms with E-state index in [0.717, 1.165) is 24.6 Å². The lowest BCUT2D eigenvalue weighted by Crippen LogP contribution is -2.29. The highest BCUT2D eigenvalue weighted by atomic mass is 16.1. The van der Waals surface area contributed by atoms with Crippen LogP contribution in [0.1, 0.15) is 32.1 Å². The first-order valence-electron chi connectivity index (χ1n) is 5.95. The van der Waals surface area contributed by atoms with Crippen LogP contribution in [0.15, 0.2) is 11.6 Å². The van der Waals surface area contributed by atoms with E-state index in [9.17, 15) is 9.59 Å². The van der Waals surface area contributed by atoms with E-state index in [4.69, 9.17) is 0 Å². The molecule has 15 heavy (non-hydrogen) atoms. The molecule has 3 rings (SSSR count). The Kier molecular flexibility index (Phi) is 1.88. The van der Waals surface area contributed by atoms with Crippen LogP contribution < -0.4 is 0 Å². The summed E-state index contributed by atoms with van der Waals surface area (Å²) in [5.41, 5.74) is 0.436. The van der Waals surface area contributed by atoms with Gasteiger partial charge in [0.05, 0.1) is 5.41 Å². The van der Waals surface area contributed by atoms with Crippen LogP contribution in [0.5, 0.6) is 0 Å². The van der Waals surface area contributed by atoms with Gasteiger partial charge >= 0.3 is 0 Å². The third kappa shape index (κ3) is 1.11. The molecule has 4 atom stereocenters. The third-order valence-electron chi connectivity index (χ3n) is 4.72. The van der Waals surface area contributed by atoms with Crippen LogP contribution in [0.2, 0.25) is 0 Å². The maximum Gasteiger partial charge on any atom is 0.146 e. The Balaban J connectivity index is 1.98. The van der Waals surface area contributed by atoms with Crippen LogP contribution in [0.4, 0.5) is 0 Å². The van der Waals surface area contributed by atoms with Gasteiger partial charge in [-0.2, -0.15) is 0 Å². The summed E-state index contributed by atoms with van der Waals surface area (Å²) in [6, 6.07) is 0. The summed E-state index contributed by atoms with van der Waals surface area (Å²) in [6.07, 6.45) is 10.0. The first-order chi connectivity index (χ1) is 7.31. The number of fused-ring (bicyclic) bond motifs is 3. The topological polar surface area (TPSA) is 34.1 Å². The summed E-state index contributed by atoms with van der Waals surface area (Å²) < 4.78 is 0. The molecule has 0 amide bonds. The predicted molar refractivity (Wildman–Crippen MR) is 56.2 cm³/mol. The van der Waals surface area contributed by atoms with Gasteiger partial charge in [0.2, 0.25) is 0 Å². The van der Waals surface area contributed by atoms with Crippen LogP contribution >= 0.6 is 0 Å². The van der Waals surface area contributed by atoms with Crippen molar-refractivity contribution in [1.29, 1.82) is 0 Å². The molecule has 2 nitrogen and oxygen atoms in total. The number of carbonyl (C=O) groups is 2. The molecule has 3 aliphatic carbocycles. The van der Waals surface area contributed by atoms with Gasteiger partial charge in [-0.3, -0.25) is 4.79 Å². The van der Waals surface area contributed by atoms with Gasteiger partial charge < -0.3 is 4.79 Å². The molecule has 2 heteroatoms. The Bertz CT molecular complexity index is 344. The molecule has 0 aromatic rings. The molecule has 0 bridgehead atoms. The zero-order valence-electron chi connectivity index (χ0n) is 8.82. The second-order valence-corrected chi connectivity index (χ2v) is 5.32. The van der Waals surface area contributed by atoms with Gasteiger partial charge in [0.15, 0.2) is 0 Å². The van der Waals surface area contributed by atoms with Gasteiger partial charge in [0, 0.05) is 5.57 Å². The summed E-state index contributed by atoms with van der Waals surface area (Å²) in [5, 5.41) is 0. The molecule has 0 aliphatic heterocycles. The van der Waals surface area contributed by atoms with Crippen molar-refractivity contribution in [2.24, 2.45) is 23.2 Å². The SMILES string of the molecule is O=CC1=C[C@H]2CCCC[C@H]2[C@@H]2C[C@]12C=O. The van der Waals surface area contributed by atoms with Crippen molar-refractivity contribution in [3.05, 3.63) is 11.6 Å². The van der Waals surface area contributed by atoms with E-state index in [-0.39, 0.29) is 5.41 Å². The zero-order chi connectivity index (χ0) is 10.5. The molecule has 0 aromatic carbocycles. The average Bonchev–Trinajstić information content (AvgIpc) is 3.04. The number of hydrogen-bond donors (Lipinski definition) is 0. The molecular formula is C13H16O2. The summed E-state index contributed by atoms with van der Waals surface area (Å²) >= 11 is 0. The predicted octanol–water partition coefficient (Wildman–Crippen LogP) is 2.14. The van der Waals surface area contributed by atoms with Crippen molar-refractivity contribution >= 4 is 12.6 Å². The molecule has 0 radical (unpaired) electrons. The Hall–Kier alpha value is -0.920. The van der Waals surface area contributed by atoms with Crippen LogP contribution in [-0.2, 0) is 9.59 Å². The number of rotatable bonds is 2. The minimum absolute atomic E-state index is 0.347. The third-order valence-corrected chi connectivity index (χ3v) is 4.72. The van der Waals surface area contributed by atoms with Gasteiger partial charge in [-0.1, -0.05) is 18.9 Å². The van der Waals surface area contributed by atoms with E-state index >= 15 is 0 Å². The highest BCUT2D eigenvalue weighted by molar-refractivity contribution is 5.88. The smallest absolute Gasteiger partial charge is 0.146 e. The number of allylic oxidation sites excluding steroid dienone is 2. The lowest BCUT2D eigenvalue weighted by molar-refractivity contribution is -0.114. The number of hydrogen-bond acceptors (Lipinski definition) is 2. The minimum Gasteiger partial charge on any atom is -0.302 e. The van der Waals surface area contributed by atoms with Gasteiger partial charge in [0.1, 0.15) is 12.6 Å². The fourth-order valence-electron chi connectivity index (χ4n) is 3.80. The van der Waals surface area contributed by atoms with Crippen molar-refractivity contribution in [3.8, 4) is 0 Å². The molecule has 0 unspecified atom stereocenters. The van der Waals surface area contributed by atoms with Gasteiger partial charge in [-0.05, 0) is 37.0 Å². The minimum atomic E-state index is -0.347. The summed E-state index contributed by atoms with van der Waals surface area (Å²) in [4.78, 5) is 22.2. The van der Waals surface area contributed by atoms with Crippen LogP contribution in [-0.4, -0.2) is 12.6 Å². The van der Waals surface area contributed by atoms with Gasteiger partial charge in [0.25, 0.3) is 0 Å². The monoisotopic (exact) mass is 204 g/mol. The maximum absolute atomic E-state index is 11.2. The van der Waals surface area contributed by atoms with Crippen molar-refractivity contribution in [2.75, 3.05) is 0 Å². The van der Waals surface area contributed by atoms with E-state index in [1.807, 2.05) is 0 Å². The molecule has 0 saturated heterocycles. The summed E-state index contributed by atoms with van der Waals surface area (Å²) in [5.74, 6) is 1.76. The molecule has 80 valence electrons. The fourth-order valence-corrected chi connectivity index (χ4v) is 3.80. The highest BCUT2D eigenvalue weighted by Gasteiger charge is 2.63. The number of carbonyl (C=O) groups excluding carboxylic acids is 2. The highest BCUT2D eigenvalue weighted by Crippen LogP contribution is 2.65. The zero-order valence-corrected chi connectivity index (χ0v) is 8.82. The summed E-state index contributed by atoms with van der Waals surface area (Å²) in [6.45, 7) is 0. The molecule has 2 fully saturated rings. The molecule has 0 N–H and O–H groups in total. The van der Waals surface area contributed by atoms with Crippen molar-refractivity contribution in [3.63, 3.8) is 0 Å². The van der Waals surface area contributed by atoms with Crippen molar-refractivity contribution in [2.45, 2.75) is 32.1 Å². The van der Waals surface area contributed by atoms with E-state index in [2.05, 4.69) is 6.08 Å². The second kappa shape index (κ2) is 3.03. The van der Waals surface area contributed by atoms with Gasteiger partial charge in [-0.25, -0.2) is 0 Å². The van der Waals surface area contributed by atoms with Crippen LogP contribution in [0.25, 0.3) is 0 Å². The standard InChI is InChI=1S/C13H16O2/c14-7-10-5-9-3-1-2-4-11(9)12-6-13(10,12)8-15/h5,7-9,11-12H,1-4,6H2/t9-,11-,12+,13+/m1/s1. The average molecular weight is 204 g/mol. The Morgan fingerprint density at radius 1 is 1.27 bits per heavy atom. The molecule has 0 aromatic heterocycles. The fraction of sp³-hybridized carbons (Fsp3) is 0.692. The Morgan fingerprint density at radius 2 is 2.07 bits per heavy atom. The van der Waals surface area contributed by atoms with Crippen molar-refractivity contribution < 1.29 is 9.59 Å². The summed E-state index contributed by atoms with van der Waals surface area (Å²) in [7, 11) is 0. The van der Waals surface area contributed by atoms with E-state index in [1.165, 1.54) is 25.7 Å². The van der Waals surface area contributed by atoms with E-state index in [0.29, 0.717) is 17.8 Å². The molecular weight excluding hydrogens is 188 g/mol. The van der Waals surface area contributed by atoms with E-state index < -0.39 is 0 Å². The largest absolute Gasteiger partial charge is 0.302 e. The lowest BCUT2D eigenvalue weighted by Gasteiger charge is -2.35. The van der Waals surface area contributed by atoms with Crippen molar-refractivity contribution in [1.82, 2.24) is 0 Å². The van der Waals surface area contributed by atoms with E-state index in [1.54, 1.807) is 0 Å². The maximum atomic E-state index is 11.2. The Labute approximate surface area is 89.7 Å². The second-order valence-electron chi connectivity index (χ2n) is 5.32. The molecule has 0 spiro atoms. The first-order valence-corrected chi connectivity index (χ1v) is 5.95. The molecule has 3 aliphatic rings.